The minimum absolute atomic E-state index is 0.0205. The normalized spacial score (nSPS) is 20.3. The van der Waals surface area contributed by atoms with Gasteiger partial charge >= 0.3 is 5.97 Å². The molecule has 4 aromatic rings. The lowest BCUT2D eigenvalue weighted by molar-refractivity contribution is -0.137. The Balaban J connectivity index is 1.28. The van der Waals surface area contributed by atoms with Crippen molar-refractivity contribution in [2.45, 2.75) is 75.4 Å². The number of pyridine rings is 1. The van der Waals surface area contributed by atoms with Crippen LogP contribution in [0.1, 0.15) is 72.3 Å². The number of hydrogen-bond acceptors (Lipinski definition) is 7. The summed E-state index contributed by atoms with van der Waals surface area (Å²) >= 11 is 0. The Morgan fingerprint density at radius 2 is 1.96 bits per heavy atom. The molecule has 3 aliphatic rings. The molecule has 2 aromatic carbocycles. The number of aromatic nitrogens is 4. The van der Waals surface area contributed by atoms with Gasteiger partial charge < -0.3 is 10.0 Å². The second kappa shape index (κ2) is 11.4. The first-order chi connectivity index (χ1) is 21.6. The van der Waals surface area contributed by atoms with Gasteiger partial charge in [-0.1, -0.05) is 29.5 Å². The van der Waals surface area contributed by atoms with E-state index in [0.717, 1.165) is 37.8 Å². The van der Waals surface area contributed by atoms with Gasteiger partial charge in [0.15, 0.2) is 0 Å². The number of alkyl halides is 2. The largest absolute Gasteiger partial charge is 0.481 e. The monoisotopic (exact) mass is 636 g/mol. The van der Waals surface area contributed by atoms with E-state index in [1.807, 2.05) is 6.92 Å². The molecule has 1 saturated heterocycles. The standard InChI is InChI=1S/C32H34F2N6O4S/c1-19-6-9-21(14-22(19)17-38-18-23-4-3-13-39(23)32-27(45(38,43)44)5-2-12-35-32)25(15-28(41)42)24-10-11-26-30(29(24)31(33)34)36-37-40(26)16-20-7-8-20/h2,5-6,9-12,14,20,23,25,31H,3-4,7-8,13,15-18H2,1H3,(H,41,42)/t23-,25+/m1/s1. The number of hydrogen-bond donors (Lipinski definition) is 1. The fraction of sp³-hybridized carbons (Fsp3) is 0.438. The number of sulfonamides is 1. The summed E-state index contributed by atoms with van der Waals surface area (Å²) in [5.41, 5.74) is 2.45. The fourth-order valence-electron chi connectivity index (χ4n) is 6.86. The zero-order valence-electron chi connectivity index (χ0n) is 24.8. The van der Waals surface area contributed by atoms with E-state index < -0.39 is 34.8 Å². The minimum atomic E-state index is -3.91. The van der Waals surface area contributed by atoms with Gasteiger partial charge in [0, 0.05) is 44.3 Å². The van der Waals surface area contributed by atoms with Gasteiger partial charge in [-0.15, -0.1) is 5.10 Å². The highest BCUT2D eigenvalue weighted by molar-refractivity contribution is 7.89. The van der Waals surface area contributed by atoms with Crippen LogP contribution < -0.4 is 4.90 Å². The van der Waals surface area contributed by atoms with Gasteiger partial charge in [0.1, 0.15) is 16.2 Å². The summed E-state index contributed by atoms with van der Waals surface area (Å²) in [6, 6.07) is 11.8. The first-order valence-electron chi connectivity index (χ1n) is 15.3. The summed E-state index contributed by atoms with van der Waals surface area (Å²) in [5, 5.41) is 18.2. The van der Waals surface area contributed by atoms with Crippen molar-refractivity contribution in [1.29, 1.82) is 0 Å². The summed E-state index contributed by atoms with van der Waals surface area (Å²) in [4.78, 5) is 18.8. The van der Waals surface area contributed by atoms with Crippen molar-refractivity contribution < 1.29 is 27.1 Å². The number of anilines is 1. The molecule has 1 saturated carbocycles. The maximum atomic E-state index is 14.8. The Morgan fingerprint density at radius 3 is 2.71 bits per heavy atom. The SMILES string of the molecule is Cc1ccc([C@H](CC(=O)O)c2ccc3c(nnn3CC3CC3)c2C(F)F)cc1CN1C[C@H]2CCCN2c2ncccc2S1(=O)=O. The third-order valence-electron chi connectivity index (χ3n) is 9.42. The average molecular weight is 637 g/mol. The lowest BCUT2D eigenvalue weighted by Gasteiger charge is -2.26. The lowest BCUT2D eigenvalue weighted by Crippen LogP contribution is -2.39. The van der Waals surface area contributed by atoms with Crippen LogP contribution in [0.2, 0.25) is 0 Å². The summed E-state index contributed by atoms with van der Waals surface area (Å²) in [7, 11) is -3.91. The van der Waals surface area contributed by atoms with Gasteiger partial charge in [-0.2, -0.15) is 4.31 Å². The molecule has 0 bridgehead atoms. The molecule has 1 aliphatic carbocycles. The van der Waals surface area contributed by atoms with E-state index in [1.165, 1.54) is 4.31 Å². The topological polar surface area (TPSA) is 122 Å². The first kappa shape index (κ1) is 29.7. The molecule has 0 amide bonds. The smallest absolute Gasteiger partial charge is 0.304 e. The second-order valence-corrected chi connectivity index (χ2v) is 14.3. The average Bonchev–Trinajstić information content (AvgIpc) is 3.58. The summed E-state index contributed by atoms with van der Waals surface area (Å²) < 4.78 is 60.5. The molecule has 1 N–H and O–H groups in total. The second-order valence-electron chi connectivity index (χ2n) is 12.4. The van der Waals surface area contributed by atoms with Crippen molar-refractivity contribution in [1.82, 2.24) is 24.3 Å². The summed E-state index contributed by atoms with van der Waals surface area (Å²) in [6.45, 7) is 3.54. The van der Waals surface area contributed by atoms with Crippen LogP contribution in [-0.4, -0.2) is 62.9 Å². The fourth-order valence-corrected chi connectivity index (χ4v) is 8.47. The molecule has 7 rings (SSSR count). The number of carboxylic acids is 1. The predicted octanol–water partition coefficient (Wildman–Crippen LogP) is 5.26. The third kappa shape index (κ3) is 5.45. The Hall–Kier alpha value is -3.97. The Labute approximate surface area is 259 Å². The van der Waals surface area contributed by atoms with E-state index >= 15 is 0 Å². The quantitative estimate of drug-likeness (QED) is 0.264. The van der Waals surface area contributed by atoms with E-state index in [4.69, 9.17) is 0 Å². The number of halogens is 2. The molecule has 2 atom stereocenters. The van der Waals surface area contributed by atoms with Crippen molar-refractivity contribution in [2.24, 2.45) is 5.92 Å². The van der Waals surface area contributed by atoms with Crippen LogP contribution >= 0.6 is 0 Å². The third-order valence-corrected chi connectivity index (χ3v) is 11.2. The van der Waals surface area contributed by atoms with E-state index in [9.17, 15) is 27.1 Å². The van der Waals surface area contributed by atoms with Gasteiger partial charge in [-0.05, 0) is 79.0 Å². The van der Waals surface area contributed by atoms with E-state index in [-0.39, 0.29) is 40.7 Å². The Morgan fingerprint density at radius 1 is 1.13 bits per heavy atom. The van der Waals surface area contributed by atoms with Crippen LogP contribution in [0.15, 0.2) is 53.6 Å². The molecular formula is C32H34F2N6O4S. The molecule has 45 heavy (non-hydrogen) atoms. The molecule has 2 fully saturated rings. The number of nitrogens with zero attached hydrogens (tertiary/aromatic N) is 6. The van der Waals surface area contributed by atoms with Crippen LogP contribution in [0.5, 0.6) is 0 Å². The molecule has 10 nitrogen and oxygen atoms in total. The molecule has 236 valence electrons. The van der Waals surface area contributed by atoms with Crippen LogP contribution in [0.3, 0.4) is 0 Å². The van der Waals surface area contributed by atoms with Crippen LogP contribution in [-0.2, 0) is 27.9 Å². The lowest BCUT2D eigenvalue weighted by atomic mass is 9.84. The maximum absolute atomic E-state index is 14.8. The van der Waals surface area contributed by atoms with Gasteiger partial charge in [0.2, 0.25) is 10.0 Å². The van der Waals surface area contributed by atoms with Crippen molar-refractivity contribution in [3.8, 4) is 0 Å². The number of rotatable bonds is 9. The minimum Gasteiger partial charge on any atom is -0.481 e. The highest BCUT2D eigenvalue weighted by Gasteiger charge is 2.40. The number of carbonyl (C=O) groups is 1. The molecule has 13 heteroatoms. The van der Waals surface area contributed by atoms with Crippen molar-refractivity contribution >= 4 is 32.8 Å². The Kier molecular flexibility index (Phi) is 7.55. The first-order valence-corrected chi connectivity index (χ1v) is 16.7. The van der Waals surface area contributed by atoms with Gasteiger partial charge in [-0.25, -0.2) is 26.9 Å². The highest BCUT2D eigenvalue weighted by atomic mass is 32.2. The predicted molar refractivity (Wildman–Crippen MR) is 163 cm³/mol. The van der Waals surface area contributed by atoms with Gasteiger partial charge in [0.25, 0.3) is 6.43 Å². The zero-order valence-corrected chi connectivity index (χ0v) is 25.6. The molecule has 0 spiro atoms. The maximum Gasteiger partial charge on any atom is 0.304 e. The van der Waals surface area contributed by atoms with E-state index in [0.29, 0.717) is 34.9 Å². The molecule has 2 aromatic heterocycles. The van der Waals surface area contributed by atoms with E-state index in [2.05, 4.69) is 20.2 Å². The molecule has 0 radical (unpaired) electrons. The van der Waals surface area contributed by atoms with Crippen LogP contribution in [0, 0.1) is 12.8 Å². The van der Waals surface area contributed by atoms with E-state index in [1.54, 1.807) is 53.3 Å². The Bertz CT molecular complexity index is 1890. The van der Waals surface area contributed by atoms with Crippen molar-refractivity contribution in [3.63, 3.8) is 0 Å². The molecular weight excluding hydrogens is 602 g/mol. The number of aliphatic carboxylic acids is 1. The molecule has 4 heterocycles. The van der Waals surface area contributed by atoms with Crippen molar-refractivity contribution in [3.05, 3.63) is 76.5 Å². The zero-order chi connectivity index (χ0) is 31.5. The number of aryl methyl sites for hydroxylation is 1. The van der Waals surface area contributed by atoms with Gasteiger partial charge in [-0.3, -0.25) is 4.79 Å². The molecule has 0 unspecified atom stereocenters. The number of benzene rings is 2. The number of fused-ring (bicyclic) bond motifs is 4. The van der Waals surface area contributed by atoms with Crippen LogP contribution in [0.4, 0.5) is 14.6 Å². The summed E-state index contributed by atoms with van der Waals surface area (Å²) in [6.07, 6.45) is 2.19. The van der Waals surface area contributed by atoms with Crippen molar-refractivity contribution in [2.75, 3.05) is 18.0 Å². The summed E-state index contributed by atoms with van der Waals surface area (Å²) in [5.74, 6) is -1.12. The van der Waals surface area contributed by atoms with Gasteiger partial charge in [0.05, 0.1) is 17.5 Å². The van der Waals surface area contributed by atoms with Crippen LogP contribution in [0.25, 0.3) is 11.0 Å². The number of carboxylic acid groups (broad SMARTS) is 1. The highest BCUT2D eigenvalue weighted by Crippen LogP contribution is 2.41. The molecule has 2 aliphatic heterocycles.